The quantitative estimate of drug-likeness (QED) is 0.541. The van der Waals surface area contributed by atoms with E-state index < -0.39 is 0 Å². The first kappa shape index (κ1) is 19.1. The van der Waals surface area contributed by atoms with Gasteiger partial charge in [0.2, 0.25) is 0 Å². The molecule has 0 amide bonds. The first-order valence-corrected chi connectivity index (χ1v) is 9.78. The fourth-order valence-electron chi connectivity index (χ4n) is 2.82. The summed E-state index contributed by atoms with van der Waals surface area (Å²) in [6.45, 7) is 5.04. The Morgan fingerprint density at radius 3 is 2.33 bits per heavy atom. The van der Waals surface area contributed by atoms with Crippen molar-refractivity contribution in [3.05, 3.63) is 77.6 Å². The van der Waals surface area contributed by atoms with E-state index in [2.05, 4.69) is 78.1 Å². The molecule has 3 aromatic rings. The minimum absolute atomic E-state index is 0.561. The number of unbranched alkanes of at least 4 members (excludes halogenated alkanes) is 1. The zero-order valence-electron chi connectivity index (χ0n) is 15.9. The van der Waals surface area contributed by atoms with Gasteiger partial charge in [-0.25, -0.2) is 0 Å². The molecular formula is C22H26N4S. The highest BCUT2D eigenvalue weighted by Crippen LogP contribution is 2.13. The van der Waals surface area contributed by atoms with Gasteiger partial charge in [-0.15, -0.1) is 0 Å². The Morgan fingerprint density at radius 2 is 1.63 bits per heavy atom. The summed E-state index contributed by atoms with van der Waals surface area (Å²) in [6.07, 6.45) is 7.31. The lowest BCUT2D eigenvalue weighted by Crippen LogP contribution is -2.18. The van der Waals surface area contributed by atoms with Gasteiger partial charge >= 0.3 is 0 Å². The maximum absolute atomic E-state index is 5.41. The molecule has 27 heavy (non-hydrogen) atoms. The Bertz CT molecular complexity index is 866. The summed E-state index contributed by atoms with van der Waals surface area (Å²) in [5.41, 5.74) is 5.70. The first-order chi connectivity index (χ1) is 13.1. The van der Waals surface area contributed by atoms with E-state index in [0.717, 1.165) is 24.3 Å². The number of aryl methyl sites for hydroxylation is 2. The van der Waals surface area contributed by atoms with Crippen molar-refractivity contribution in [3.63, 3.8) is 0 Å². The summed E-state index contributed by atoms with van der Waals surface area (Å²) in [5, 5.41) is 11.4. The number of rotatable bonds is 7. The van der Waals surface area contributed by atoms with Crippen LogP contribution in [0, 0.1) is 6.92 Å². The van der Waals surface area contributed by atoms with E-state index >= 15 is 0 Å². The Labute approximate surface area is 166 Å². The van der Waals surface area contributed by atoms with E-state index in [0.29, 0.717) is 5.11 Å². The molecule has 2 N–H and O–H groups in total. The van der Waals surface area contributed by atoms with E-state index in [1.54, 1.807) is 6.20 Å². The predicted octanol–water partition coefficient (Wildman–Crippen LogP) is 5.39. The summed E-state index contributed by atoms with van der Waals surface area (Å²) < 4.78 is 1.90. The highest BCUT2D eigenvalue weighted by atomic mass is 32.1. The number of thiocarbonyl (C=S) groups is 1. The minimum atomic E-state index is 0.561. The lowest BCUT2D eigenvalue weighted by atomic mass is 10.1. The number of benzene rings is 2. The Kier molecular flexibility index (Phi) is 6.60. The molecule has 1 aromatic heterocycles. The monoisotopic (exact) mass is 378 g/mol. The third-order valence-corrected chi connectivity index (χ3v) is 4.59. The van der Waals surface area contributed by atoms with Gasteiger partial charge in [-0.2, -0.15) is 5.10 Å². The lowest BCUT2D eigenvalue weighted by Gasteiger charge is -2.09. The Hall–Kier alpha value is -2.66. The molecule has 140 valence electrons. The van der Waals surface area contributed by atoms with Crippen LogP contribution in [-0.2, 0) is 13.0 Å². The van der Waals surface area contributed by atoms with Crippen molar-refractivity contribution >= 4 is 28.7 Å². The van der Waals surface area contributed by atoms with E-state index in [-0.39, 0.29) is 0 Å². The van der Waals surface area contributed by atoms with Crippen molar-refractivity contribution in [1.82, 2.24) is 9.78 Å². The van der Waals surface area contributed by atoms with Crippen molar-refractivity contribution in [2.24, 2.45) is 0 Å². The minimum Gasteiger partial charge on any atom is -0.332 e. The second-order valence-corrected chi connectivity index (χ2v) is 7.20. The van der Waals surface area contributed by atoms with E-state index in [9.17, 15) is 0 Å². The van der Waals surface area contributed by atoms with Crippen LogP contribution in [-0.4, -0.2) is 14.9 Å². The van der Waals surface area contributed by atoms with E-state index in [1.165, 1.54) is 29.5 Å². The lowest BCUT2D eigenvalue weighted by molar-refractivity contribution is 0.687. The zero-order valence-corrected chi connectivity index (χ0v) is 16.7. The molecule has 1 heterocycles. The standard InChI is InChI=1S/C22H26N4S/c1-3-4-5-18-10-12-20(13-11-18)24-22(27)25-21-14-23-26(16-21)15-19-8-6-17(2)7-9-19/h6-14,16H,3-5,15H2,1-2H3,(H2,24,25,27). The van der Waals surface area contributed by atoms with Gasteiger partial charge in [-0.1, -0.05) is 55.3 Å². The van der Waals surface area contributed by atoms with Crippen molar-refractivity contribution in [3.8, 4) is 0 Å². The third-order valence-electron chi connectivity index (χ3n) is 4.39. The van der Waals surface area contributed by atoms with Gasteiger partial charge in [0.1, 0.15) is 0 Å². The summed E-state index contributed by atoms with van der Waals surface area (Å²) >= 11 is 5.41. The van der Waals surface area contributed by atoms with Gasteiger partial charge in [0.05, 0.1) is 18.4 Å². The maximum Gasteiger partial charge on any atom is 0.175 e. The van der Waals surface area contributed by atoms with Gasteiger partial charge in [0.25, 0.3) is 0 Å². The number of anilines is 2. The second-order valence-electron chi connectivity index (χ2n) is 6.79. The van der Waals surface area contributed by atoms with Crippen LogP contribution < -0.4 is 10.6 Å². The largest absolute Gasteiger partial charge is 0.332 e. The fraction of sp³-hybridized carbons (Fsp3) is 0.273. The molecule has 4 nitrogen and oxygen atoms in total. The molecule has 0 spiro atoms. The first-order valence-electron chi connectivity index (χ1n) is 9.37. The molecule has 0 aliphatic rings. The van der Waals surface area contributed by atoms with Crippen molar-refractivity contribution in [1.29, 1.82) is 0 Å². The highest BCUT2D eigenvalue weighted by Gasteiger charge is 2.03. The third kappa shape index (κ3) is 5.93. The highest BCUT2D eigenvalue weighted by molar-refractivity contribution is 7.80. The molecule has 0 atom stereocenters. The van der Waals surface area contributed by atoms with Crippen molar-refractivity contribution < 1.29 is 0 Å². The smallest absolute Gasteiger partial charge is 0.175 e. The number of hydrogen-bond donors (Lipinski definition) is 2. The van der Waals surface area contributed by atoms with Gasteiger partial charge in [0.15, 0.2) is 5.11 Å². The molecule has 0 aliphatic heterocycles. The van der Waals surface area contributed by atoms with Crippen molar-refractivity contribution in [2.45, 2.75) is 39.7 Å². The Morgan fingerprint density at radius 1 is 0.963 bits per heavy atom. The molecule has 0 saturated carbocycles. The van der Waals surface area contributed by atoms with Crippen LogP contribution in [0.15, 0.2) is 60.9 Å². The van der Waals surface area contributed by atoms with Crippen LogP contribution in [0.3, 0.4) is 0 Å². The van der Waals surface area contributed by atoms with Crippen LogP contribution in [0.25, 0.3) is 0 Å². The van der Waals surface area contributed by atoms with Gasteiger partial charge in [-0.05, 0) is 55.2 Å². The normalized spacial score (nSPS) is 10.6. The van der Waals surface area contributed by atoms with E-state index in [4.69, 9.17) is 12.2 Å². The molecule has 0 bridgehead atoms. The average Bonchev–Trinajstić information content (AvgIpc) is 3.09. The van der Waals surface area contributed by atoms with Gasteiger partial charge in [-0.3, -0.25) is 4.68 Å². The van der Waals surface area contributed by atoms with Crippen LogP contribution >= 0.6 is 12.2 Å². The molecule has 0 unspecified atom stereocenters. The second kappa shape index (κ2) is 9.33. The SMILES string of the molecule is CCCCc1ccc(NC(=S)Nc2cnn(Cc3ccc(C)cc3)c2)cc1. The molecule has 3 rings (SSSR count). The zero-order chi connectivity index (χ0) is 19.1. The van der Waals surface area contributed by atoms with Crippen molar-refractivity contribution in [2.75, 3.05) is 10.6 Å². The number of aromatic nitrogens is 2. The molecular weight excluding hydrogens is 352 g/mol. The van der Waals surface area contributed by atoms with Crippen LogP contribution in [0.2, 0.25) is 0 Å². The van der Waals surface area contributed by atoms with Gasteiger partial charge < -0.3 is 10.6 Å². The van der Waals surface area contributed by atoms with Crippen LogP contribution in [0.4, 0.5) is 11.4 Å². The van der Waals surface area contributed by atoms with Crippen LogP contribution in [0.1, 0.15) is 36.5 Å². The number of nitrogens with one attached hydrogen (secondary N) is 2. The summed E-state index contributed by atoms with van der Waals surface area (Å²) in [5.74, 6) is 0. The maximum atomic E-state index is 5.41. The molecule has 2 aromatic carbocycles. The van der Waals surface area contributed by atoms with E-state index in [1.807, 2.05) is 10.9 Å². The summed E-state index contributed by atoms with van der Waals surface area (Å²) in [7, 11) is 0. The Balaban J connectivity index is 1.52. The van der Waals surface area contributed by atoms with Crippen LogP contribution in [0.5, 0.6) is 0 Å². The topological polar surface area (TPSA) is 41.9 Å². The predicted molar refractivity (Wildman–Crippen MR) is 117 cm³/mol. The molecule has 0 radical (unpaired) electrons. The summed E-state index contributed by atoms with van der Waals surface area (Å²) in [4.78, 5) is 0. The fourth-order valence-corrected chi connectivity index (χ4v) is 3.06. The summed E-state index contributed by atoms with van der Waals surface area (Å²) in [6, 6.07) is 16.9. The molecule has 0 aliphatic carbocycles. The van der Waals surface area contributed by atoms with Gasteiger partial charge in [0, 0.05) is 11.9 Å². The molecule has 0 fully saturated rings. The molecule has 5 heteroatoms. The number of hydrogen-bond acceptors (Lipinski definition) is 2. The average molecular weight is 379 g/mol. The molecule has 0 saturated heterocycles. The number of nitrogens with zero attached hydrogens (tertiary/aromatic N) is 2.